The number of carbonyl (C=O) groups is 2. The third-order valence-electron chi connectivity index (χ3n) is 3.26. The predicted octanol–water partition coefficient (Wildman–Crippen LogP) is 3.04. The zero-order chi connectivity index (χ0) is 16.9. The molecule has 0 bridgehead atoms. The number of nitrogens with one attached hydrogen (secondary N) is 1. The Morgan fingerprint density at radius 1 is 1.25 bits per heavy atom. The highest BCUT2D eigenvalue weighted by molar-refractivity contribution is 7.18. The lowest BCUT2D eigenvalue weighted by molar-refractivity contribution is -0.139. The molecule has 0 atom stereocenters. The number of amides is 1. The van der Waals surface area contributed by atoms with Crippen molar-refractivity contribution in [2.45, 2.75) is 19.3 Å². The van der Waals surface area contributed by atoms with Crippen molar-refractivity contribution >= 4 is 49.9 Å². The van der Waals surface area contributed by atoms with Crippen LogP contribution in [-0.2, 0) is 27.2 Å². The lowest BCUT2D eigenvalue weighted by Crippen LogP contribution is -2.12. The molecular formula is C16H15N3O3S2. The minimum Gasteiger partial charge on any atom is -0.469 e. The highest BCUT2D eigenvalue weighted by atomic mass is 32.1. The van der Waals surface area contributed by atoms with Gasteiger partial charge in [-0.2, -0.15) is 0 Å². The Labute approximate surface area is 146 Å². The van der Waals surface area contributed by atoms with Crippen molar-refractivity contribution in [1.29, 1.82) is 0 Å². The molecule has 2 aromatic heterocycles. The summed E-state index contributed by atoms with van der Waals surface area (Å²) >= 11 is 2.90. The first-order chi connectivity index (χ1) is 11.6. The van der Waals surface area contributed by atoms with E-state index in [9.17, 15) is 9.59 Å². The Hall–Kier alpha value is -2.32. The number of thiazole rings is 2. The number of fused-ring (bicyclic) bond motifs is 1. The highest BCUT2D eigenvalue weighted by Crippen LogP contribution is 2.23. The molecule has 6 nitrogen and oxygen atoms in total. The van der Waals surface area contributed by atoms with E-state index < -0.39 is 0 Å². The van der Waals surface area contributed by atoms with E-state index in [0.717, 1.165) is 15.2 Å². The number of carbonyl (C=O) groups excluding carboxylic acids is 2. The molecule has 8 heteroatoms. The molecule has 0 fully saturated rings. The van der Waals surface area contributed by atoms with Crippen LogP contribution in [0.1, 0.15) is 17.1 Å². The fourth-order valence-corrected chi connectivity index (χ4v) is 3.79. The number of rotatable bonds is 6. The molecular weight excluding hydrogens is 346 g/mol. The first-order valence-corrected chi connectivity index (χ1v) is 8.99. The quantitative estimate of drug-likeness (QED) is 0.683. The van der Waals surface area contributed by atoms with Gasteiger partial charge in [0, 0.05) is 18.2 Å². The van der Waals surface area contributed by atoms with Gasteiger partial charge in [0.1, 0.15) is 0 Å². The van der Waals surface area contributed by atoms with Crippen LogP contribution in [0, 0.1) is 0 Å². The Kier molecular flexibility index (Phi) is 5.17. The number of hydrogen-bond acceptors (Lipinski definition) is 7. The number of methoxy groups -OCH3 is 1. The number of benzene rings is 1. The fourth-order valence-electron chi connectivity index (χ4n) is 2.09. The smallest absolute Gasteiger partial charge is 0.311 e. The fraction of sp³-hybridized carbons (Fsp3) is 0.250. The van der Waals surface area contributed by atoms with Crippen LogP contribution in [0.15, 0.2) is 29.6 Å². The third kappa shape index (κ3) is 4.15. The van der Waals surface area contributed by atoms with E-state index in [4.69, 9.17) is 0 Å². The molecule has 0 radical (unpaired) electrons. The zero-order valence-electron chi connectivity index (χ0n) is 12.9. The molecule has 124 valence electrons. The molecule has 24 heavy (non-hydrogen) atoms. The molecule has 1 aromatic carbocycles. The molecule has 0 spiro atoms. The topological polar surface area (TPSA) is 81.2 Å². The standard InChI is InChI=1S/C16H15N3O3S2/c1-22-15(21)8-10-9-23-16(17-10)19-13(20)6-7-14-18-11-4-2-3-5-12(11)24-14/h2-5,9H,6-8H2,1H3,(H,17,19,20). The van der Waals surface area contributed by atoms with Crippen LogP contribution in [0.3, 0.4) is 0 Å². The second-order valence-corrected chi connectivity index (χ2v) is 6.99. The molecule has 2 heterocycles. The van der Waals surface area contributed by atoms with Gasteiger partial charge in [-0.15, -0.1) is 22.7 Å². The van der Waals surface area contributed by atoms with E-state index in [-0.39, 0.29) is 18.3 Å². The Balaban J connectivity index is 1.53. The van der Waals surface area contributed by atoms with Gasteiger partial charge in [0.15, 0.2) is 5.13 Å². The number of nitrogens with zero attached hydrogens (tertiary/aromatic N) is 2. The maximum absolute atomic E-state index is 12.0. The van der Waals surface area contributed by atoms with Crippen molar-refractivity contribution in [3.8, 4) is 0 Å². The summed E-state index contributed by atoms with van der Waals surface area (Å²) in [5.74, 6) is -0.470. The van der Waals surface area contributed by atoms with Crippen molar-refractivity contribution in [3.63, 3.8) is 0 Å². The second-order valence-electron chi connectivity index (χ2n) is 5.02. The van der Waals surface area contributed by atoms with Gasteiger partial charge in [-0.05, 0) is 12.1 Å². The summed E-state index contributed by atoms with van der Waals surface area (Å²) in [7, 11) is 1.33. The first-order valence-electron chi connectivity index (χ1n) is 7.29. The van der Waals surface area contributed by atoms with E-state index in [1.165, 1.54) is 18.4 Å². The number of aromatic nitrogens is 2. The first kappa shape index (κ1) is 16.5. The van der Waals surface area contributed by atoms with Crippen LogP contribution < -0.4 is 5.32 Å². The van der Waals surface area contributed by atoms with Crippen LogP contribution in [0.5, 0.6) is 0 Å². The Morgan fingerprint density at radius 2 is 2.08 bits per heavy atom. The van der Waals surface area contributed by atoms with Crippen molar-refractivity contribution in [1.82, 2.24) is 9.97 Å². The summed E-state index contributed by atoms with van der Waals surface area (Å²) in [6.07, 6.45) is 1.03. The largest absolute Gasteiger partial charge is 0.469 e. The van der Waals surface area contributed by atoms with Gasteiger partial charge in [0.05, 0.1) is 34.4 Å². The van der Waals surface area contributed by atoms with Gasteiger partial charge in [-0.1, -0.05) is 12.1 Å². The van der Waals surface area contributed by atoms with Crippen molar-refractivity contribution in [2.24, 2.45) is 0 Å². The summed E-state index contributed by atoms with van der Waals surface area (Å²) < 4.78 is 5.71. The summed E-state index contributed by atoms with van der Waals surface area (Å²) in [6.45, 7) is 0. The summed E-state index contributed by atoms with van der Waals surface area (Å²) in [6, 6.07) is 7.92. The van der Waals surface area contributed by atoms with Crippen LogP contribution >= 0.6 is 22.7 Å². The Morgan fingerprint density at radius 3 is 2.88 bits per heavy atom. The minimum absolute atomic E-state index is 0.106. The van der Waals surface area contributed by atoms with Crippen molar-refractivity contribution in [2.75, 3.05) is 12.4 Å². The molecule has 0 aliphatic rings. The van der Waals surface area contributed by atoms with Gasteiger partial charge in [-0.25, -0.2) is 9.97 Å². The van der Waals surface area contributed by atoms with E-state index >= 15 is 0 Å². The molecule has 0 aliphatic carbocycles. The number of aryl methyl sites for hydroxylation is 1. The summed E-state index contributed by atoms with van der Waals surface area (Å²) in [5.41, 5.74) is 1.55. The normalized spacial score (nSPS) is 10.7. The van der Waals surface area contributed by atoms with E-state index in [0.29, 0.717) is 23.7 Å². The Bertz CT molecular complexity index is 839. The van der Waals surface area contributed by atoms with E-state index in [1.807, 2.05) is 24.3 Å². The number of esters is 1. The van der Waals surface area contributed by atoms with Crippen molar-refractivity contribution in [3.05, 3.63) is 40.3 Å². The third-order valence-corrected chi connectivity index (χ3v) is 5.16. The number of ether oxygens (including phenoxy) is 1. The average Bonchev–Trinajstić information content (AvgIpc) is 3.19. The summed E-state index contributed by atoms with van der Waals surface area (Å²) in [4.78, 5) is 31.9. The summed E-state index contributed by atoms with van der Waals surface area (Å²) in [5, 5.41) is 5.92. The molecule has 3 aromatic rings. The highest BCUT2D eigenvalue weighted by Gasteiger charge is 2.11. The van der Waals surface area contributed by atoms with Crippen LogP contribution in [0.2, 0.25) is 0 Å². The number of anilines is 1. The molecule has 0 saturated carbocycles. The van der Waals surface area contributed by atoms with Crippen LogP contribution in [0.4, 0.5) is 5.13 Å². The van der Waals surface area contributed by atoms with Crippen molar-refractivity contribution < 1.29 is 14.3 Å². The van der Waals surface area contributed by atoms with Gasteiger partial charge in [-0.3, -0.25) is 9.59 Å². The molecule has 0 aliphatic heterocycles. The van der Waals surface area contributed by atoms with Gasteiger partial charge < -0.3 is 10.1 Å². The minimum atomic E-state index is -0.353. The van der Waals surface area contributed by atoms with Crippen LogP contribution in [-0.4, -0.2) is 29.0 Å². The lowest BCUT2D eigenvalue weighted by atomic mass is 10.3. The SMILES string of the molecule is COC(=O)Cc1csc(NC(=O)CCc2nc3ccccc3s2)n1. The molecule has 0 unspecified atom stereocenters. The van der Waals surface area contributed by atoms with Gasteiger partial charge in [0.25, 0.3) is 0 Å². The van der Waals surface area contributed by atoms with Gasteiger partial charge >= 0.3 is 5.97 Å². The van der Waals surface area contributed by atoms with Crippen LogP contribution in [0.25, 0.3) is 10.2 Å². The molecule has 1 N–H and O–H groups in total. The zero-order valence-corrected chi connectivity index (χ0v) is 14.6. The van der Waals surface area contributed by atoms with E-state index in [1.54, 1.807) is 16.7 Å². The average molecular weight is 361 g/mol. The maximum atomic E-state index is 12.0. The van der Waals surface area contributed by atoms with E-state index in [2.05, 4.69) is 20.0 Å². The van der Waals surface area contributed by atoms with Gasteiger partial charge in [0.2, 0.25) is 5.91 Å². The lowest BCUT2D eigenvalue weighted by Gasteiger charge is -2.00. The number of para-hydroxylation sites is 1. The molecule has 0 saturated heterocycles. The second kappa shape index (κ2) is 7.50. The number of hydrogen-bond donors (Lipinski definition) is 1. The molecule has 3 rings (SSSR count). The maximum Gasteiger partial charge on any atom is 0.311 e. The molecule has 1 amide bonds. The monoisotopic (exact) mass is 361 g/mol. The predicted molar refractivity (Wildman–Crippen MR) is 94.4 cm³/mol.